The second-order valence-corrected chi connectivity index (χ2v) is 5.99. The maximum Gasteiger partial charge on any atom is 0.441 e. The van der Waals surface area contributed by atoms with E-state index in [9.17, 15) is 23.1 Å². The molecule has 2 atom stereocenters. The van der Waals surface area contributed by atoms with Crippen molar-refractivity contribution >= 4 is 17.7 Å². The fourth-order valence-electron chi connectivity index (χ4n) is 2.55. The van der Waals surface area contributed by atoms with Gasteiger partial charge in [0.1, 0.15) is 0 Å². The van der Waals surface area contributed by atoms with Gasteiger partial charge in [0.15, 0.2) is 0 Å². The molecule has 1 fully saturated rings. The molecular weight excluding hydrogens is 253 g/mol. The Morgan fingerprint density at radius 2 is 2.18 bits per heavy atom. The van der Waals surface area contributed by atoms with Crippen LogP contribution in [0.2, 0.25) is 0 Å². The van der Waals surface area contributed by atoms with Crippen molar-refractivity contribution in [2.24, 2.45) is 11.3 Å². The molecule has 0 aliphatic heterocycles. The van der Waals surface area contributed by atoms with Gasteiger partial charge in [-0.2, -0.15) is 13.2 Å². The Morgan fingerprint density at radius 1 is 1.53 bits per heavy atom. The van der Waals surface area contributed by atoms with Gasteiger partial charge in [0, 0.05) is 5.75 Å². The van der Waals surface area contributed by atoms with Gasteiger partial charge in [-0.05, 0) is 25.2 Å². The predicted molar refractivity (Wildman–Crippen MR) is 60.8 cm³/mol. The number of rotatable bonds is 4. The molecule has 0 aromatic heterocycles. The van der Waals surface area contributed by atoms with Crippen LogP contribution in [0.25, 0.3) is 0 Å². The van der Waals surface area contributed by atoms with Crippen LogP contribution >= 0.6 is 11.8 Å². The summed E-state index contributed by atoms with van der Waals surface area (Å²) in [5.41, 5.74) is -5.20. The molecular formula is C11H17F3O2S. The molecule has 0 aromatic rings. The van der Waals surface area contributed by atoms with Gasteiger partial charge in [0.05, 0.1) is 5.41 Å². The number of thioether (sulfide) groups is 1. The van der Waals surface area contributed by atoms with Crippen molar-refractivity contribution in [3.05, 3.63) is 0 Å². The minimum absolute atomic E-state index is 0.108. The van der Waals surface area contributed by atoms with E-state index in [-0.39, 0.29) is 29.9 Å². The standard InChI is InChI=1S/C11H17F3O2S/c1-8-3-2-4-10(7-8,9(15)16)5-6-17-11(12,13)14/h8H,2-7H2,1H3,(H,15,16). The minimum atomic E-state index is -4.26. The summed E-state index contributed by atoms with van der Waals surface area (Å²) in [5.74, 6) is -0.815. The summed E-state index contributed by atoms with van der Waals surface area (Å²) in [6, 6.07) is 0. The first-order chi connectivity index (χ1) is 7.75. The fourth-order valence-corrected chi connectivity index (χ4v) is 3.27. The number of halogens is 3. The van der Waals surface area contributed by atoms with Crippen LogP contribution in [0.15, 0.2) is 0 Å². The highest BCUT2D eigenvalue weighted by atomic mass is 32.2. The Hall–Kier alpha value is -0.390. The SMILES string of the molecule is CC1CCCC(CCSC(F)(F)F)(C(=O)O)C1. The van der Waals surface area contributed by atoms with E-state index in [0.717, 1.165) is 12.8 Å². The van der Waals surface area contributed by atoms with Gasteiger partial charge in [-0.1, -0.05) is 31.5 Å². The lowest BCUT2D eigenvalue weighted by Gasteiger charge is -2.36. The summed E-state index contributed by atoms with van der Waals surface area (Å²) < 4.78 is 36.1. The predicted octanol–water partition coefficient (Wildman–Crippen LogP) is 3.91. The smallest absolute Gasteiger partial charge is 0.441 e. The fraction of sp³-hybridized carbons (Fsp3) is 0.909. The number of aliphatic carboxylic acids is 1. The van der Waals surface area contributed by atoms with E-state index < -0.39 is 16.9 Å². The Bertz CT molecular complexity index is 280. The van der Waals surface area contributed by atoms with E-state index in [0.29, 0.717) is 12.8 Å². The van der Waals surface area contributed by atoms with Crippen LogP contribution in [0.3, 0.4) is 0 Å². The average Bonchev–Trinajstić information content (AvgIpc) is 2.15. The topological polar surface area (TPSA) is 37.3 Å². The van der Waals surface area contributed by atoms with Crippen molar-refractivity contribution < 1.29 is 23.1 Å². The van der Waals surface area contributed by atoms with Gasteiger partial charge in [-0.3, -0.25) is 4.79 Å². The molecule has 0 aromatic carbocycles. The Kier molecular flexibility index (Phi) is 4.75. The normalized spacial score (nSPS) is 30.2. The molecule has 0 radical (unpaired) electrons. The van der Waals surface area contributed by atoms with Gasteiger partial charge in [-0.15, -0.1) is 0 Å². The molecule has 0 saturated heterocycles. The van der Waals surface area contributed by atoms with Gasteiger partial charge in [-0.25, -0.2) is 0 Å². The summed E-state index contributed by atoms with van der Waals surface area (Å²) in [6.45, 7) is 1.97. The molecule has 1 rings (SSSR count). The lowest BCUT2D eigenvalue weighted by molar-refractivity contribution is -0.152. The third-order valence-electron chi connectivity index (χ3n) is 3.39. The highest BCUT2D eigenvalue weighted by molar-refractivity contribution is 8.00. The number of carboxylic acids is 1. The minimum Gasteiger partial charge on any atom is -0.481 e. The number of alkyl halides is 3. The summed E-state index contributed by atoms with van der Waals surface area (Å²) in [5, 5.41) is 9.25. The molecule has 1 aliphatic rings. The van der Waals surface area contributed by atoms with Crippen LogP contribution in [-0.4, -0.2) is 22.3 Å². The van der Waals surface area contributed by atoms with Crippen LogP contribution < -0.4 is 0 Å². The largest absolute Gasteiger partial charge is 0.481 e. The molecule has 1 aliphatic carbocycles. The maximum absolute atomic E-state index is 12.0. The zero-order valence-corrected chi connectivity index (χ0v) is 10.5. The van der Waals surface area contributed by atoms with E-state index in [1.165, 1.54) is 0 Å². The first-order valence-corrected chi connectivity index (χ1v) is 6.68. The first kappa shape index (κ1) is 14.7. The summed E-state index contributed by atoms with van der Waals surface area (Å²) in [6.07, 6.45) is 2.88. The number of hydrogen-bond donors (Lipinski definition) is 1. The number of carbonyl (C=O) groups is 1. The van der Waals surface area contributed by atoms with Gasteiger partial charge in [0.2, 0.25) is 0 Å². The highest BCUT2D eigenvalue weighted by Crippen LogP contribution is 2.44. The molecule has 1 N–H and O–H groups in total. The third kappa shape index (κ3) is 4.41. The zero-order valence-electron chi connectivity index (χ0n) is 9.72. The van der Waals surface area contributed by atoms with Crippen LogP contribution in [0.4, 0.5) is 13.2 Å². The molecule has 2 nitrogen and oxygen atoms in total. The lowest BCUT2D eigenvalue weighted by atomic mass is 9.68. The van der Waals surface area contributed by atoms with Gasteiger partial charge < -0.3 is 5.11 Å². The molecule has 1 saturated carbocycles. The highest BCUT2D eigenvalue weighted by Gasteiger charge is 2.42. The van der Waals surface area contributed by atoms with Crippen LogP contribution in [-0.2, 0) is 4.79 Å². The third-order valence-corrected chi connectivity index (χ3v) is 4.13. The number of carboxylic acid groups (broad SMARTS) is 1. The molecule has 0 amide bonds. The molecule has 6 heteroatoms. The van der Waals surface area contributed by atoms with E-state index >= 15 is 0 Å². The van der Waals surface area contributed by atoms with E-state index in [1.54, 1.807) is 0 Å². The molecule has 0 bridgehead atoms. The Balaban J connectivity index is 2.57. The second-order valence-electron chi connectivity index (χ2n) is 4.83. The summed E-state index contributed by atoms with van der Waals surface area (Å²) >= 11 is -0.119. The van der Waals surface area contributed by atoms with Crippen molar-refractivity contribution in [2.75, 3.05) is 5.75 Å². The maximum atomic E-state index is 12.0. The van der Waals surface area contributed by atoms with Crippen LogP contribution in [0, 0.1) is 11.3 Å². The molecule has 100 valence electrons. The molecule has 17 heavy (non-hydrogen) atoms. The monoisotopic (exact) mass is 270 g/mol. The van der Waals surface area contributed by atoms with E-state index in [4.69, 9.17) is 0 Å². The second kappa shape index (κ2) is 5.50. The molecule has 2 unspecified atom stereocenters. The van der Waals surface area contributed by atoms with Crippen LogP contribution in [0.5, 0.6) is 0 Å². The van der Waals surface area contributed by atoms with Crippen molar-refractivity contribution in [3.63, 3.8) is 0 Å². The van der Waals surface area contributed by atoms with Crippen molar-refractivity contribution in [1.82, 2.24) is 0 Å². The van der Waals surface area contributed by atoms with Crippen molar-refractivity contribution in [3.8, 4) is 0 Å². The number of hydrogen-bond acceptors (Lipinski definition) is 2. The molecule has 0 spiro atoms. The quantitative estimate of drug-likeness (QED) is 0.841. The van der Waals surface area contributed by atoms with Gasteiger partial charge >= 0.3 is 11.5 Å². The van der Waals surface area contributed by atoms with Crippen LogP contribution in [0.1, 0.15) is 39.0 Å². The van der Waals surface area contributed by atoms with Gasteiger partial charge in [0.25, 0.3) is 0 Å². The molecule has 0 heterocycles. The van der Waals surface area contributed by atoms with E-state index in [1.807, 2.05) is 6.92 Å². The van der Waals surface area contributed by atoms with Crippen molar-refractivity contribution in [1.29, 1.82) is 0 Å². The Labute approximate surface area is 103 Å². The van der Waals surface area contributed by atoms with Crippen molar-refractivity contribution in [2.45, 2.75) is 44.5 Å². The first-order valence-electron chi connectivity index (χ1n) is 5.69. The lowest BCUT2D eigenvalue weighted by Crippen LogP contribution is -2.36. The Morgan fingerprint density at radius 3 is 2.65 bits per heavy atom. The summed E-state index contributed by atoms with van der Waals surface area (Å²) in [7, 11) is 0. The summed E-state index contributed by atoms with van der Waals surface area (Å²) in [4.78, 5) is 11.3. The van der Waals surface area contributed by atoms with E-state index in [2.05, 4.69) is 0 Å². The zero-order chi connectivity index (χ0) is 13.1. The average molecular weight is 270 g/mol.